The number of anilines is 1. The summed E-state index contributed by atoms with van der Waals surface area (Å²) in [4.78, 5) is 18.2. The van der Waals surface area contributed by atoms with Crippen molar-refractivity contribution in [2.75, 3.05) is 37.6 Å². The summed E-state index contributed by atoms with van der Waals surface area (Å²) in [5.74, 6) is 0.0702. The Morgan fingerprint density at radius 1 is 0.824 bits per heavy atom. The van der Waals surface area contributed by atoms with Crippen molar-refractivity contribution in [2.24, 2.45) is 5.10 Å². The number of piperazine rings is 1. The van der Waals surface area contributed by atoms with Crippen molar-refractivity contribution >= 4 is 17.3 Å². The zero-order valence-electron chi connectivity index (χ0n) is 20.0. The van der Waals surface area contributed by atoms with E-state index in [4.69, 9.17) is 5.10 Å². The third-order valence-corrected chi connectivity index (χ3v) is 6.87. The molecule has 2 heterocycles. The molecule has 0 N–H and O–H groups in total. The summed E-state index contributed by atoms with van der Waals surface area (Å²) < 4.78 is 0. The number of carbonyl (C=O) groups is 1. The number of hydrazone groups is 1. The van der Waals surface area contributed by atoms with E-state index < -0.39 is 0 Å². The van der Waals surface area contributed by atoms with Crippen LogP contribution in [0.2, 0.25) is 0 Å². The molecule has 1 amide bonds. The molecule has 5 rings (SSSR count). The molecule has 1 atom stereocenters. The Labute approximate surface area is 202 Å². The highest BCUT2D eigenvalue weighted by Crippen LogP contribution is 2.33. The first-order chi connectivity index (χ1) is 16.6. The van der Waals surface area contributed by atoms with Crippen LogP contribution >= 0.6 is 0 Å². The molecule has 0 aromatic heterocycles. The van der Waals surface area contributed by atoms with Crippen molar-refractivity contribution in [2.45, 2.75) is 26.3 Å². The minimum atomic E-state index is -0.0602. The molecule has 0 unspecified atom stereocenters. The maximum Gasteiger partial charge on any atom is 0.257 e. The lowest BCUT2D eigenvalue weighted by Crippen LogP contribution is -2.49. The molecule has 0 saturated carbocycles. The van der Waals surface area contributed by atoms with Crippen LogP contribution in [0.4, 0.5) is 5.69 Å². The normalized spacial score (nSPS) is 18.8. The molecule has 174 valence electrons. The minimum absolute atomic E-state index is 0.0602. The molecular formula is C29H32N4O. The van der Waals surface area contributed by atoms with Gasteiger partial charge < -0.3 is 4.90 Å². The molecule has 1 saturated heterocycles. The summed E-state index contributed by atoms with van der Waals surface area (Å²) in [6.07, 6.45) is 0.736. The lowest BCUT2D eigenvalue weighted by atomic mass is 9.97. The average molecular weight is 453 g/mol. The number of benzene rings is 3. The first-order valence-corrected chi connectivity index (χ1v) is 12.1. The summed E-state index contributed by atoms with van der Waals surface area (Å²) in [6, 6.07) is 27.4. The highest BCUT2D eigenvalue weighted by molar-refractivity contribution is 6.03. The number of nitrogens with zero attached hydrogens (tertiary/aromatic N) is 4. The molecule has 0 aliphatic carbocycles. The minimum Gasteiger partial charge on any atom is -0.369 e. The van der Waals surface area contributed by atoms with Crippen molar-refractivity contribution in [3.05, 3.63) is 101 Å². The molecule has 3 aromatic rings. The Kier molecular flexibility index (Phi) is 6.45. The van der Waals surface area contributed by atoms with Crippen LogP contribution in [0, 0.1) is 13.8 Å². The zero-order chi connectivity index (χ0) is 23.5. The van der Waals surface area contributed by atoms with Crippen LogP contribution in [0.1, 0.15) is 34.7 Å². The van der Waals surface area contributed by atoms with E-state index in [9.17, 15) is 4.79 Å². The van der Waals surface area contributed by atoms with Gasteiger partial charge in [-0.25, -0.2) is 5.01 Å². The largest absolute Gasteiger partial charge is 0.369 e. The van der Waals surface area contributed by atoms with Gasteiger partial charge in [-0.05, 0) is 37.1 Å². The van der Waals surface area contributed by atoms with Gasteiger partial charge in [0, 0.05) is 38.3 Å². The van der Waals surface area contributed by atoms with Crippen LogP contribution in [-0.4, -0.2) is 54.3 Å². The maximum atomic E-state index is 13.5. The van der Waals surface area contributed by atoms with Gasteiger partial charge >= 0.3 is 0 Å². The lowest BCUT2D eigenvalue weighted by molar-refractivity contribution is -0.134. The van der Waals surface area contributed by atoms with E-state index in [0.29, 0.717) is 6.54 Å². The van der Waals surface area contributed by atoms with Crippen molar-refractivity contribution in [3.8, 4) is 0 Å². The van der Waals surface area contributed by atoms with Crippen LogP contribution < -0.4 is 4.90 Å². The van der Waals surface area contributed by atoms with E-state index in [1.807, 2.05) is 6.07 Å². The van der Waals surface area contributed by atoms with E-state index in [2.05, 4.69) is 96.4 Å². The Hall–Kier alpha value is -3.44. The van der Waals surface area contributed by atoms with Gasteiger partial charge in [0.2, 0.25) is 0 Å². The predicted octanol–water partition coefficient (Wildman–Crippen LogP) is 4.80. The molecule has 34 heavy (non-hydrogen) atoms. The number of carbonyl (C=O) groups excluding carboxylic acids is 1. The van der Waals surface area contributed by atoms with Gasteiger partial charge in [0.05, 0.1) is 18.3 Å². The summed E-state index contributed by atoms with van der Waals surface area (Å²) >= 11 is 0. The molecule has 1 fully saturated rings. The number of para-hydroxylation sites is 1. The summed E-state index contributed by atoms with van der Waals surface area (Å²) in [6.45, 7) is 8.17. The second kappa shape index (κ2) is 9.82. The van der Waals surface area contributed by atoms with Crippen LogP contribution in [0.15, 0.2) is 84.0 Å². The molecule has 0 spiro atoms. The fourth-order valence-electron chi connectivity index (χ4n) is 4.78. The van der Waals surface area contributed by atoms with Crippen molar-refractivity contribution in [1.29, 1.82) is 0 Å². The predicted molar refractivity (Wildman–Crippen MR) is 138 cm³/mol. The average Bonchev–Trinajstić information content (AvgIpc) is 3.32. The highest BCUT2D eigenvalue weighted by atomic mass is 16.2. The third kappa shape index (κ3) is 4.90. The summed E-state index contributed by atoms with van der Waals surface area (Å²) in [7, 11) is 0. The SMILES string of the molecule is Cc1ccc(C2=NN(C(=O)CN3CCN(c4ccccc4)CC3)[C@@H](c3ccc(C)cc3)C2)cc1. The van der Waals surface area contributed by atoms with E-state index >= 15 is 0 Å². The molecule has 5 nitrogen and oxygen atoms in total. The number of aryl methyl sites for hydroxylation is 2. The van der Waals surface area contributed by atoms with Gasteiger partial charge in [-0.15, -0.1) is 0 Å². The van der Waals surface area contributed by atoms with Gasteiger partial charge in [-0.3, -0.25) is 9.69 Å². The van der Waals surface area contributed by atoms with Gasteiger partial charge in [0.15, 0.2) is 0 Å². The Morgan fingerprint density at radius 2 is 1.44 bits per heavy atom. The lowest BCUT2D eigenvalue weighted by Gasteiger charge is -2.36. The van der Waals surface area contributed by atoms with E-state index in [1.165, 1.54) is 16.8 Å². The van der Waals surface area contributed by atoms with Gasteiger partial charge in [-0.1, -0.05) is 77.9 Å². The van der Waals surface area contributed by atoms with Gasteiger partial charge in [0.25, 0.3) is 5.91 Å². The molecule has 0 radical (unpaired) electrons. The fourth-order valence-corrected chi connectivity index (χ4v) is 4.78. The van der Waals surface area contributed by atoms with E-state index in [-0.39, 0.29) is 11.9 Å². The first kappa shape index (κ1) is 22.4. The standard InChI is InChI=1S/C29H32N4O/c1-22-8-12-24(13-9-22)27-20-28(25-14-10-23(2)11-15-25)33(30-27)29(34)21-31-16-18-32(19-17-31)26-6-4-3-5-7-26/h3-15,28H,16-21H2,1-2H3/t28-/m1/s1. The van der Waals surface area contributed by atoms with Crippen LogP contribution in [0.3, 0.4) is 0 Å². The van der Waals surface area contributed by atoms with E-state index in [0.717, 1.165) is 49.4 Å². The van der Waals surface area contributed by atoms with Gasteiger partial charge in [0.1, 0.15) is 0 Å². The molecule has 5 heteroatoms. The molecule has 2 aliphatic heterocycles. The fraction of sp³-hybridized carbons (Fsp3) is 0.310. The Balaban J connectivity index is 1.30. The monoisotopic (exact) mass is 452 g/mol. The number of amides is 1. The smallest absolute Gasteiger partial charge is 0.257 e. The number of hydrogen-bond donors (Lipinski definition) is 0. The highest BCUT2D eigenvalue weighted by Gasteiger charge is 2.34. The Morgan fingerprint density at radius 3 is 2.09 bits per heavy atom. The third-order valence-electron chi connectivity index (χ3n) is 6.87. The van der Waals surface area contributed by atoms with Crippen LogP contribution in [-0.2, 0) is 4.79 Å². The van der Waals surface area contributed by atoms with Crippen LogP contribution in [0.5, 0.6) is 0 Å². The van der Waals surface area contributed by atoms with Gasteiger partial charge in [-0.2, -0.15) is 5.10 Å². The van der Waals surface area contributed by atoms with Crippen molar-refractivity contribution in [3.63, 3.8) is 0 Å². The topological polar surface area (TPSA) is 39.2 Å². The maximum absolute atomic E-state index is 13.5. The van der Waals surface area contributed by atoms with Crippen molar-refractivity contribution in [1.82, 2.24) is 9.91 Å². The summed E-state index contributed by atoms with van der Waals surface area (Å²) in [5.41, 5.74) is 6.90. The second-order valence-electron chi connectivity index (χ2n) is 9.38. The quantitative estimate of drug-likeness (QED) is 0.558. The van der Waals surface area contributed by atoms with E-state index in [1.54, 1.807) is 5.01 Å². The first-order valence-electron chi connectivity index (χ1n) is 12.1. The number of hydrogen-bond acceptors (Lipinski definition) is 4. The summed E-state index contributed by atoms with van der Waals surface area (Å²) in [5, 5.41) is 6.60. The van der Waals surface area contributed by atoms with Crippen LogP contribution in [0.25, 0.3) is 0 Å². The number of rotatable bonds is 5. The Bertz CT molecular complexity index is 1150. The molecule has 3 aromatic carbocycles. The molecule has 0 bridgehead atoms. The zero-order valence-corrected chi connectivity index (χ0v) is 20.0. The molecular weight excluding hydrogens is 420 g/mol. The molecule has 2 aliphatic rings. The second-order valence-corrected chi connectivity index (χ2v) is 9.38. The van der Waals surface area contributed by atoms with Crippen molar-refractivity contribution < 1.29 is 4.79 Å².